The van der Waals surface area contributed by atoms with Gasteiger partial charge in [-0.2, -0.15) is 0 Å². The Bertz CT molecular complexity index is 615. The SMILES string of the molecule is O=c1[nH]ccc2c(N3CCC(O)CC3)cncc12. The maximum atomic E-state index is 11.7. The van der Waals surface area contributed by atoms with E-state index in [1.54, 1.807) is 18.6 Å². The van der Waals surface area contributed by atoms with Gasteiger partial charge < -0.3 is 15.0 Å². The van der Waals surface area contributed by atoms with Gasteiger partial charge >= 0.3 is 0 Å². The van der Waals surface area contributed by atoms with E-state index in [0.717, 1.165) is 37.0 Å². The van der Waals surface area contributed by atoms with E-state index >= 15 is 0 Å². The standard InChI is InChI=1S/C13H15N3O2/c17-9-2-5-16(6-3-9)12-8-14-7-11-10(12)1-4-15-13(11)18/h1,4,7-9,17H,2-3,5-6H2,(H,15,18). The van der Waals surface area contributed by atoms with Gasteiger partial charge in [0.2, 0.25) is 0 Å². The first kappa shape index (κ1) is 11.2. The van der Waals surface area contributed by atoms with Crippen LogP contribution in [0.5, 0.6) is 0 Å². The lowest BCUT2D eigenvalue weighted by Crippen LogP contribution is -2.36. The zero-order valence-corrected chi connectivity index (χ0v) is 9.97. The fraction of sp³-hybridized carbons (Fsp3) is 0.385. The number of anilines is 1. The van der Waals surface area contributed by atoms with Gasteiger partial charge in [0, 0.05) is 30.9 Å². The Morgan fingerprint density at radius 3 is 2.83 bits per heavy atom. The summed E-state index contributed by atoms with van der Waals surface area (Å²) >= 11 is 0. The molecular weight excluding hydrogens is 230 g/mol. The maximum Gasteiger partial charge on any atom is 0.257 e. The van der Waals surface area contributed by atoms with Crippen LogP contribution in [0.15, 0.2) is 29.5 Å². The molecule has 18 heavy (non-hydrogen) atoms. The molecule has 0 bridgehead atoms. The quantitative estimate of drug-likeness (QED) is 0.782. The third kappa shape index (κ3) is 1.86. The van der Waals surface area contributed by atoms with E-state index in [4.69, 9.17) is 0 Å². The van der Waals surface area contributed by atoms with Crippen molar-refractivity contribution in [2.24, 2.45) is 0 Å². The molecule has 1 saturated heterocycles. The van der Waals surface area contributed by atoms with Crippen LogP contribution in [-0.4, -0.2) is 34.3 Å². The van der Waals surface area contributed by atoms with E-state index in [-0.39, 0.29) is 11.7 Å². The van der Waals surface area contributed by atoms with Crippen molar-refractivity contribution >= 4 is 16.5 Å². The molecule has 0 saturated carbocycles. The molecule has 1 aliphatic rings. The van der Waals surface area contributed by atoms with Crippen LogP contribution in [0.3, 0.4) is 0 Å². The Kier molecular flexibility index (Phi) is 2.76. The van der Waals surface area contributed by atoms with E-state index in [9.17, 15) is 9.90 Å². The number of nitrogens with one attached hydrogen (secondary N) is 1. The lowest BCUT2D eigenvalue weighted by atomic mass is 10.1. The summed E-state index contributed by atoms with van der Waals surface area (Å²) in [6.07, 6.45) is 6.37. The molecule has 2 aromatic rings. The number of hydrogen-bond acceptors (Lipinski definition) is 4. The second-order valence-corrected chi connectivity index (χ2v) is 4.64. The number of pyridine rings is 2. The number of aromatic nitrogens is 2. The van der Waals surface area contributed by atoms with Crippen molar-refractivity contribution in [3.63, 3.8) is 0 Å². The molecule has 3 heterocycles. The fourth-order valence-corrected chi connectivity index (χ4v) is 2.45. The molecule has 1 fully saturated rings. The van der Waals surface area contributed by atoms with Crippen LogP contribution >= 0.6 is 0 Å². The van der Waals surface area contributed by atoms with Crippen LogP contribution in [-0.2, 0) is 0 Å². The number of rotatable bonds is 1. The van der Waals surface area contributed by atoms with Gasteiger partial charge in [0.15, 0.2) is 0 Å². The molecule has 2 aromatic heterocycles. The van der Waals surface area contributed by atoms with Crippen molar-refractivity contribution in [1.82, 2.24) is 9.97 Å². The average molecular weight is 245 g/mol. The molecular formula is C13H15N3O2. The smallest absolute Gasteiger partial charge is 0.257 e. The van der Waals surface area contributed by atoms with Gasteiger partial charge in [-0.05, 0) is 18.9 Å². The summed E-state index contributed by atoms with van der Waals surface area (Å²) in [7, 11) is 0. The molecule has 0 amide bonds. The van der Waals surface area contributed by atoms with E-state index < -0.39 is 0 Å². The molecule has 0 unspecified atom stereocenters. The number of fused-ring (bicyclic) bond motifs is 1. The Hall–Kier alpha value is -1.88. The highest BCUT2D eigenvalue weighted by Crippen LogP contribution is 2.26. The molecule has 2 N–H and O–H groups in total. The van der Waals surface area contributed by atoms with Crippen molar-refractivity contribution < 1.29 is 5.11 Å². The second-order valence-electron chi connectivity index (χ2n) is 4.64. The molecule has 0 aliphatic carbocycles. The van der Waals surface area contributed by atoms with Gasteiger partial charge in [0.1, 0.15) is 0 Å². The van der Waals surface area contributed by atoms with Gasteiger partial charge in [-0.3, -0.25) is 9.78 Å². The minimum absolute atomic E-state index is 0.112. The largest absolute Gasteiger partial charge is 0.393 e. The lowest BCUT2D eigenvalue weighted by molar-refractivity contribution is 0.145. The number of nitrogens with zero attached hydrogens (tertiary/aromatic N) is 2. The molecule has 0 atom stereocenters. The van der Waals surface area contributed by atoms with Crippen LogP contribution < -0.4 is 10.5 Å². The summed E-state index contributed by atoms with van der Waals surface area (Å²) in [5, 5.41) is 11.1. The molecule has 3 rings (SSSR count). The van der Waals surface area contributed by atoms with Crippen molar-refractivity contribution in [3.05, 3.63) is 35.0 Å². The zero-order valence-electron chi connectivity index (χ0n) is 9.97. The van der Waals surface area contributed by atoms with E-state index in [1.807, 2.05) is 6.07 Å². The number of piperidine rings is 1. The van der Waals surface area contributed by atoms with E-state index in [2.05, 4.69) is 14.9 Å². The topological polar surface area (TPSA) is 69.2 Å². The Balaban J connectivity index is 2.07. The van der Waals surface area contributed by atoms with Crippen LogP contribution in [0.2, 0.25) is 0 Å². The average Bonchev–Trinajstić information content (AvgIpc) is 2.40. The number of hydrogen-bond donors (Lipinski definition) is 2. The summed E-state index contributed by atoms with van der Waals surface area (Å²) in [5.74, 6) is 0. The first-order chi connectivity index (χ1) is 8.75. The predicted octanol–water partition coefficient (Wildman–Crippen LogP) is 0.884. The molecule has 0 radical (unpaired) electrons. The van der Waals surface area contributed by atoms with Crippen molar-refractivity contribution in [1.29, 1.82) is 0 Å². The molecule has 94 valence electrons. The summed E-state index contributed by atoms with van der Waals surface area (Å²) in [5.41, 5.74) is 0.865. The first-order valence-corrected chi connectivity index (χ1v) is 6.14. The monoisotopic (exact) mass is 245 g/mol. The Morgan fingerprint density at radius 2 is 2.06 bits per heavy atom. The van der Waals surface area contributed by atoms with Crippen molar-refractivity contribution in [3.8, 4) is 0 Å². The van der Waals surface area contributed by atoms with Gasteiger partial charge in [-0.1, -0.05) is 0 Å². The van der Waals surface area contributed by atoms with Crippen LogP contribution in [0.4, 0.5) is 5.69 Å². The third-order valence-electron chi connectivity index (χ3n) is 3.48. The zero-order chi connectivity index (χ0) is 12.5. The van der Waals surface area contributed by atoms with Crippen molar-refractivity contribution in [2.45, 2.75) is 18.9 Å². The number of H-pyrrole nitrogens is 1. The summed E-state index contributed by atoms with van der Waals surface area (Å²) in [4.78, 5) is 20.7. The molecule has 5 nitrogen and oxygen atoms in total. The number of aliphatic hydroxyl groups is 1. The van der Waals surface area contributed by atoms with Gasteiger partial charge in [-0.15, -0.1) is 0 Å². The third-order valence-corrected chi connectivity index (χ3v) is 3.48. The summed E-state index contributed by atoms with van der Waals surface area (Å²) < 4.78 is 0. The molecule has 5 heteroatoms. The molecule has 1 aliphatic heterocycles. The van der Waals surface area contributed by atoms with Gasteiger partial charge in [-0.25, -0.2) is 0 Å². The normalized spacial score (nSPS) is 17.3. The highest BCUT2D eigenvalue weighted by molar-refractivity contribution is 5.92. The lowest BCUT2D eigenvalue weighted by Gasteiger charge is -2.31. The number of aliphatic hydroxyl groups excluding tert-OH is 1. The van der Waals surface area contributed by atoms with Gasteiger partial charge in [0.05, 0.1) is 23.4 Å². The van der Waals surface area contributed by atoms with Gasteiger partial charge in [0.25, 0.3) is 5.56 Å². The first-order valence-electron chi connectivity index (χ1n) is 6.14. The summed E-state index contributed by atoms with van der Waals surface area (Å²) in [6.45, 7) is 1.60. The highest BCUT2D eigenvalue weighted by atomic mass is 16.3. The Morgan fingerprint density at radius 1 is 1.28 bits per heavy atom. The fourth-order valence-electron chi connectivity index (χ4n) is 2.45. The Labute approximate surface area is 104 Å². The maximum absolute atomic E-state index is 11.7. The minimum Gasteiger partial charge on any atom is -0.393 e. The van der Waals surface area contributed by atoms with Crippen LogP contribution in [0, 0.1) is 0 Å². The number of aromatic amines is 1. The van der Waals surface area contributed by atoms with E-state index in [0.29, 0.717) is 5.39 Å². The van der Waals surface area contributed by atoms with E-state index in [1.165, 1.54) is 0 Å². The molecule has 0 aromatic carbocycles. The van der Waals surface area contributed by atoms with Crippen LogP contribution in [0.1, 0.15) is 12.8 Å². The summed E-state index contributed by atoms with van der Waals surface area (Å²) in [6, 6.07) is 1.90. The minimum atomic E-state index is -0.201. The molecule has 0 spiro atoms. The second kappa shape index (κ2) is 4.42. The van der Waals surface area contributed by atoms with Crippen LogP contribution in [0.25, 0.3) is 10.8 Å². The van der Waals surface area contributed by atoms with Crippen molar-refractivity contribution in [2.75, 3.05) is 18.0 Å². The highest BCUT2D eigenvalue weighted by Gasteiger charge is 2.19. The predicted molar refractivity (Wildman–Crippen MR) is 69.8 cm³/mol.